The highest BCUT2D eigenvalue weighted by Crippen LogP contribution is 2.22. The number of hydrogen-bond donors (Lipinski definition) is 1. The minimum absolute atomic E-state index is 0.394. The van der Waals surface area contributed by atoms with Gasteiger partial charge in [0.25, 0.3) is 0 Å². The topological polar surface area (TPSA) is 47.7 Å². The Labute approximate surface area is 128 Å². The molecule has 118 valence electrons. The van der Waals surface area contributed by atoms with E-state index in [9.17, 15) is 0 Å². The van der Waals surface area contributed by atoms with Crippen LogP contribution in [0.25, 0.3) is 0 Å². The first-order valence-corrected chi connectivity index (χ1v) is 7.96. The monoisotopic (exact) mass is 292 g/mol. The maximum atomic E-state index is 5.90. The average molecular weight is 292 g/mol. The van der Waals surface area contributed by atoms with Gasteiger partial charge in [-0.15, -0.1) is 0 Å². The summed E-state index contributed by atoms with van der Waals surface area (Å²) in [6, 6.07) is 6.32. The largest absolute Gasteiger partial charge is 0.496 e. The lowest BCUT2D eigenvalue weighted by atomic mass is 10.1. The van der Waals surface area contributed by atoms with Crippen LogP contribution in [0.3, 0.4) is 0 Å². The van der Waals surface area contributed by atoms with Crippen LogP contribution in [0.5, 0.6) is 5.75 Å². The van der Waals surface area contributed by atoms with Crippen molar-refractivity contribution in [2.75, 3.05) is 26.8 Å². The van der Waals surface area contributed by atoms with Crippen LogP contribution in [0.1, 0.15) is 37.3 Å². The van der Waals surface area contributed by atoms with Gasteiger partial charge in [-0.25, -0.2) is 0 Å². The van der Waals surface area contributed by atoms with E-state index in [0.717, 1.165) is 44.0 Å². The number of likely N-dealkylation sites (tertiary alicyclic amines) is 1. The highest BCUT2D eigenvalue weighted by Gasteiger charge is 2.20. The van der Waals surface area contributed by atoms with Gasteiger partial charge >= 0.3 is 0 Å². The Bertz CT molecular complexity index is 437. The molecule has 1 aromatic carbocycles. The van der Waals surface area contributed by atoms with E-state index in [4.69, 9.17) is 15.2 Å². The Hall–Kier alpha value is -1.10. The minimum Gasteiger partial charge on any atom is -0.496 e. The molecule has 1 unspecified atom stereocenters. The third-order valence-electron chi connectivity index (χ3n) is 3.99. The maximum absolute atomic E-state index is 5.90. The Kier molecular flexibility index (Phi) is 6.49. The van der Waals surface area contributed by atoms with Gasteiger partial charge in [0.15, 0.2) is 0 Å². The van der Waals surface area contributed by atoms with Crippen molar-refractivity contribution >= 4 is 0 Å². The standard InChI is InChI=1S/C17H28N2O2/c1-3-9-21-16-5-4-8-19(13-16)12-14-6-7-17(20-2)15(10-14)11-18/h6-7,10,16H,3-5,8-9,11-13,18H2,1-2H3. The molecule has 0 spiro atoms. The van der Waals surface area contributed by atoms with Crippen molar-refractivity contribution in [3.8, 4) is 5.75 Å². The maximum Gasteiger partial charge on any atom is 0.123 e. The Balaban J connectivity index is 1.94. The van der Waals surface area contributed by atoms with Gasteiger partial charge in [0, 0.05) is 31.8 Å². The lowest BCUT2D eigenvalue weighted by molar-refractivity contribution is -0.00223. The molecule has 1 aliphatic rings. The lowest BCUT2D eigenvalue weighted by Crippen LogP contribution is -2.39. The molecule has 2 rings (SSSR count). The summed E-state index contributed by atoms with van der Waals surface area (Å²) in [7, 11) is 1.69. The lowest BCUT2D eigenvalue weighted by Gasteiger charge is -2.32. The molecule has 1 heterocycles. The molecule has 2 N–H and O–H groups in total. The van der Waals surface area contributed by atoms with Gasteiger partial charge in [-0.05, 0) is 43.5 Å². The number of hydrogen-bond acceptors (Lipinski definition) is 4. The van der Waals surface area contributed by atoms with Crippen molar-refractivity contribution < 1.29 is 9.47 Å². The highest BCUT2D eigenvalue weighted by molar-refractivity contribution is 5.37. The van der Waals surface area contributed by atoms with Crippen molar-refractivity contribution in [3.63, 3.8) is 0 Å². The van der Waals surface area contributed by atoms with Gasteiger partial charge in [-0.2, -0.15) is 0 Å². The molecule has 0 amide bonds. The normalized spacial score (nSPS) is 19.7. The molecule has 0 saturated carbocycles. The molecular weight excluding hydrogens is 264 g/mol. The summed E-state index contributed by atoms with van der Waals surface area (Å²) in [5, 5.41) is 0. The SMILES string of the molecule is CCCOC1CCCN(Cc2ccc(OC)c(CN)c2)C1. The third-order valence-corrected chi connectivity index (χ3v) is 3.99. The quantitative estimate of drug-likeness (QED) is 0.839. The zero-order valence-electron chi connectivity index (χ0n) is 13.3. The van der Waals surface area contributed by atoms with Gasteiger partial charge in [-0.3, -0.25) is 4.90 Å². The second-order valence-corrected chi connectivity index (χ2v) is 5.72. The van der Waals surface area contributed by atoms with Crippen LogP contribution < -0.4 is 10.5 Å². The zero-order chi connectivity index (χ0) is 15.1. The fraction of sp³-hybridized carbons (Fsp3) is 0.647. The second kappa shape index (κ2) is 8.37. The molecule has 0 bridgehead atoms. The number of nitrogens with two attached hydrogens (primary N) is 1. The van der Waals surface area contributed by atoms with E-state index in [1.165, 1.54) is 18.4 Å². The van der Waals surface area contributed by atoms with Crippen LogP contribution in [0.4, 0.5) is 0 Å². The molecule has 1 aromatic rings. The van der Waals surface area contributed by atoms with E-state index in [0.29, 0.717) is 12.6 Å². The molecule has 4 nitrogen and oxygen atoms in total. The minimum atomic E-state index is 0.394. The summed E-state index contributed by atoms with van der Waals surface area (Å²) in [4.78, 5) is 2.48. The molecule has 21 heavy (non-hydrogen) atoms. The highest BCUT2D eigenvalue weighted by atomic mass is 16.5. The second-order valence-electron chi connectivity index (χ2n) is 5.72. The van der Waals surface area contributed by atoms with E-state index >= 15 is 0 Å². The number of piperidine rings is 1. The van der Waals surface area contributed by atoms with Crippen molar-refractivity contribution in [1.29, 1.82) is 0 Å². The van der Waals surface area contributed by atoms with Gasteiger partial charge in [0.2, 0.25) is 0 Å². The summed E-state index contributed by atoms with van der Waals surface area (Å²) < 4.78 is 11.2. The average Bonchev–Trinajstić information content (AvgIpc) is 2.53. The van der Waals surface area contributed by atoms with Crippen molar-refractivity contribution in [2.24, 2.45) is 5.73 Å². The van der Waals surface area contributed by atoms with E-state index in [-0.39, 0.29) is 0 Å². The number of nitrogens with zero attached hydrogens (tertiary/aromatic N) is 1. The van der Waals surface area contributed by atoms with Crippen LogP contribution in [0.15, 0.2) is 18.2 Å². The van der Waals surface area contributed by atoms with Crippen LogP contribution in [-0.2, 0) is 17.8 Å². The Morgan fingerprint density at radius 2 is 2.24 bits per heavy atom. The van der Waals surface area contributed by atoms with Crippen molar-refractivity contribution in [2.45, 2.75) is 45.4 Å². The predicted molar refractivity (Wildman–Crippen MR) is 85.4 cm³/mol. The summed E-state index contributed by atoms with van der Waals surface area (Å²) in [6.07, 6.45) is 3.89. The van der Waals surface area contributed by atoms with Crippen molar-refractivity contribution in [3.05, 3.63) is 29.3 Å². The van der Waals surface area contributed by atoms with E-state index in [2.05, 4.69) is 24.0 Å². The zero-order valence-corrected chi connectivity index (χ0v) is 13.3. The molecule has 4 heteroatoms. The van der Waals surface area contributed by atoms with Gasteiger partial charge in [0.1, 0.15) is 5.75 Å². The molecular formula is C17H28N2O2. The summed E-state index contributed by atoms with van der Waals surface area (Å²) in [6.45, 7) is 6.69. The summed E-state index contributed by atoms with van der Waals surface area (Å²) in [5.74, 6) is 0.879. The first-order valence-electron chi connectivity index (χ1n) is 7.96. The first kappa shape index (κ1) is 16.3. The molecule has 1 saturated heterocycles. The van der Waals surface area contributed by atoms with Gasteiger partial charge in [-0.1, -0.05) is 13.0 Å². The summed E-state index contributed by atoms with van der Waals surface area (Å²) >= 11 is 0. The molecule has 0 radical (unpaired) electrons. The third kappa shape index (κ3) is 4.70. The van der Waals surface area contributed by atoms with E-state index in [1.54, 1.807) is 7.11 Å². The Morgan fingerprint density at radius 3 is 2.95 bits per heavy atom. The Morgan fingerprint density at radius 1 is 1.38 bits per heavy atom. The van der Waals surface area contributed by atoms with E-state index in [1.807, 2.05) is 6.07 Å². The van der Waals surface area contributed by atoms with Crippen LogP contribution >= 0.6 is 0 Å². The van der Waals surface area contributed by atoms with Gasteiger partial charge in [0.05, 0.1) is 13.2 Å². The molecule has 1 atom stereocenters. The van der Waals surface area contributed by atoms with Crippen molar-refractivity contribution in [1.82, 2.24) is 4.90 Å². The molecule has 1 aliphatic heterocycles. The first-order chi connectivity index (χ1) is 10.3. The smallest absolute Gasteiger partial charge is 0.123 e. The molecule has 0 aromatic heterocycles. The predicted octanol–water partition coefficient (Wildman–Crippen LogP) is 2.54. The van der Waals surface area contributed by atoms with Gasteiger partial charge < -0.3 is 15.2 Å². The number of methoxy groups -OCH3 is 1. The fourth-order valence-corrected chi connectivity index (χ4v) is 2.93. The molecule has 1 fully saturated rings. The van der Waals surface area contributed by atoms with Crippen LogP contribution in [0.2, 0.25) is 0 Å². The number of ether oxygens (including phenoxy) is 2. The number of benzene rings is 1. The summed E-state index contributed by atoms with van der Waals surface area (Å²) in [5.41, 5.74) is 8.16. The number of rotatable bonds is 7. The van der Waals surface area contributed by atoms with Crippen LogP contribution in [-0.4, -0.2) is 37.8 Å². The van der Waals surface area contributed by atoms with Crippen LogP contribution in [0, 0.1) is 0 Å². The fourth-order valence-electron chi connectivity index (χ4n) is 2.93. The molecule has 0 aliphatic carbocycles. The van der Waals surface area contributed by atoms with E-state index < -0.39 is 0 Å².